The van der Waals surface area contributed by atoms with Crippen LogP contribution in [0.4, 0.5) is 0 Å². The van der Waals surface area contributed by atoms with Crippen molar-refractivity contribution in [3.63, 3.8) is 0 Å². The first-order chi connectivity index (χ1) is 9.12. The first-order valence-electron chi connectivity index (χ1n) is 6.73. The summed E-state index contributed by atoms with van der Waals surface area (Å²) in [5.41, 5.74) is 2.62. The number of ether oxygens (including phenoxy) is 2. The van der Waals surface area contributed by atoms with Gasteiger partial charge < -0.3 is 13.9 Å². The highest BCUT2D eigenvalue weighted by Crippen LogP contribution is 2.57. The van der Waals surface area contributed by atoms with E-state index in [2.05, 4.69) is 13.0 Å². The van der Waals surface area contributed by atoms with Crippen LogP contribution in [0.3, 0.4) is 0 Å². The van der Waals surface area contributed by atoms with E-state index >= 15 is 0 Å². The summed E-state index contributed by atoms with van der Waals surface area (Å²) in [6.45, 7) is 4.08. The Kier molecular flexibility index (Phi) is 2.09. The average Bonchev–Trinajstić information content (AvgIpc) is 2.91. The fourth-order valence-electron chi connectivity index (χ4n) is 3.34. The van der Waals surface area contributed by atoms with Crippen molar-refractivity contribution < 1.29 is 18.7 Å². The number of aryl methyl sites for hydroxylation is 1. The van der Waals surface area contributed by atoms with Crippen LogP contribution in [-0.2, 0) is 20.7 Å². The van der Waals surface area contributed by atoms with E-state index in [9.17, 15) is 4.79 Å². The van der Waals surface area contributed by atoms with Crippen molar-refractivity contribution >= 4 is 5.97 Å². The molecule has 0 radical (unpaired) electrons. The van der Waals surface area contributed by atoms with Gasteiger partial charge in [0, 0.05) is 12.0 Å². The van der Waals surface area contributed by atoms with E-state index in [1.54, 1.807) is 6.26 Å². The molecule has 0 amide bonds. The second kappa shape index (κ2) is 3.51. The summed E-state index contributed by atoms with van der Waals surface area (Å²) < 4.78 is 16.9. The third-order valence-corrected chi connectivity index (χ3v) is 4.43. The third kappa shape index (κ3) is 1.40. The lowest BCUT2D eigenvalue weighted by atomic mass is 9.91. The van der Waals surface area contributed by atoms with E-state index in [0.717, 1.165) is 36.1 Å². The van der Waals surface area contributed by atoms with Gasteiger partial charge >= 0.3 is 5.97 Å². The van der Waals surface area contributed by atoms with Crippen molar-refractivity contribution in [2.24, 2.45) is 0 Å². The maximum absolute atomic E-state index is 12.1. The zero-order valence-corrected chi connectivity index (χ0v) is 11.1. The zero-order valence-electron chi connectivity index (χ0n) is 11.1. The van der Waals surface area contributed by atoms with E-state index < -0.39 is 5.60 Å². The van der Waals surface area contributed by atoms with Gasteiger partial charge in [0.15, 0.2) is 11.7 Å². The predicted octanol–water partition coefficient (Wildman–Crippen LogP) is 2.61. The van der Waals surface area contributed by atoms with Crippen LogP contribution in [0.25, 0.3) is 0 Å². The van der Waals surface area contributed by atoms with E-state index in [-0.39, 0.29) is 18.2 Å². The summed E-state index contributed by atoms with van der Waals surface area (Å²) in [7, 11) is 0. The molecule has 0 spiro atoms. The number of esters is 1. The van der Waals surface area contributed by atoms with Gasteiger partial charge in [-0.2, -0.15) is 0 Å². The minimum absolute atomic E-state index is 0.123. The van der Waals surface area contributed by atoms with E-state index in [1.165, 1.54) is 5.57 Å². The Labute approximate surface area is 111 Å². The van der Waals surface area contributed by atoms with Crippen molar-refractivity contribution in [2.45, 2.75) is 50.9 Å². The minimum Gasteiger partial charge on any atom is -0.468 e. The molecule has 3 atom stereocenters. The predicted molar refractivity (Wildman–Crippen MR) is 66.6 cm³/mol. The summed E-state index contributed by atoms with van der Waals surface area (Å²) in [5, 5.41) is 0. The van der Waals surface area contributed by atoms with Gasteiger partial charge in [0.2, 0.25) is 0 Å². The molecule has 0 aromatic carbocycles. The molecule has 0 unspecified atom stereocenters. The second-order valence-corrected chi connectivity index (χ2v) is 5.78. The van der Waals surface area contributed by atoms with Gasteiger partial charge in [-0.3, -0.25) is 0 Å². The van der Waals surface area contributed by atoms with Crippen molar-refractivity contribution in [1.29, 1.82) is 0 Å². The lowest BCUT2D eigenvalue weighted by Crippen LogP contribution is -2.22. The Morgan fingerprint density at radius 2 is 2.21 bits per heavy atom. The molecule has 3 aliphatic rings. The standard InChI is InChI=1S/C15H16O4/c1-8-4-3-5-15-13(19-15)12(18-14(15)16)11-9(2)7-17-10(11)6-8/h4,7,12-13H,3,5-6H2,1-2H3/b8-4+/t12-,13-,15-/m0/s1. The number of hydrogen-bond donors (Lipinski definition) is 0. The van der Waals surface area contributed by atoms with Crippen LogP contribution in [-0.4, -0.2) is 17.7 Å². The zero-order chi connectivity index (χ0) is 13.2. The van der Waals surface area contributed by atoms with E-state index in [4.69, 9.17) is 13.9 Å². The van der Waals surface area contributed by atoms with Crippen molar-refractivity contribution in [3.8, 4) is 0 Å². The first kappa shape index (κ1) is 11.3. The Bertz CT molecular complexity index is 597. The Balaban J connectivity index is 1.85. The van der Waals surface area contributed by atoms with Crippen LogP contribution in [0.5, 0.6) is 0 Å². The summed E-state index contributed by atoms with van der Waals surface area (Å²) in [6, 6.07) is 0. The van der Waals surface area contributed by atoms with Crippen LogP contribution in [0.1, 0.15) is 42.8 Å². The van der Waals surface area contributed by atoms with Gasteiger partial charge in [-0.05, 0) is 32.3 Å². The van der Waals surface area contributed by atoms with Crippen LogP contribution in [0, 0.1) is 6.92 Å². The summed E-state index contributed by atoms with van der Waals surface area (Å²) in [6.07, 6.45) is 5.84. The normalized spacial score (nSPS) is 38.8. The van der Waals surface area contributed by atoms with Gasteiger partial charge in [-0.25, -0.2) is 4.79 Å². The molecule has 1 aromatic rings. The molecule has 19 heavy (non-hydrogen) atoms. The molecular formula is C15H16O4. The summed E-state index contributed by atoms with van der Waals surface area (Å²) >= 11 is 0. The van der Waals surface area contributed by atoms with Crippen molar-refractivity contribution in [2.75, 3.05) is 0 Å². The highest BCUT2D eigenvalue weighted by atomic mass is 16.7. The molecule has 0 saturated carbocycles. The van der Waals surface area contributed by atoms with Crippen molar-refractivity contribution in [1.82, 2.24) is 0 Å². The molecule has 4 rings (SSSR count). The van der Waals surface area contributed by atoms with Crippen LogP contribution >= 0.6 is 0 Å². The van der Waals surface area contributed by atoms with Gasteiger partial charge in [0.1, 0.15) is 11.9 Å². The molecule has 4 nitrogen and oxygen atoms in total. The lowest BCUT2D eigenvalue weighted by molar-refractivity contribution is -0.154. The van der Waals surface area contributed by atoms with Gasteiger partial charge in [-0.1, -0.05) is 11.6 Å². The second-order valence-electron chi connectivity index (χ2n) is 5.78. The average molecular weight is 260 g/mol. The highest BCUT2D eigenvalue weighted by molar-refractivity contribution is 5.87. The number of carbonyl (C=O) groups is 1. The topological polar surface area (TPSA) is 52.0 Å². The van der Waals surface area contributed by atoms with Gasteiger partial charge in [0.05, 0.1) is 6.26 Å². The molecule has 2 bridgehead atoms. The SMILES string of the molecule is C/C1=C\CC[C@]23O[C@H]2[C@@H](OC3=O)c2c(C)coc2C1. The van der Waals surface area contributed by atoms with Crippen molar-refractivity contribution in [3.05, 3.63) is 34.8 Å². The smallest absolute Gasteiger partial charge is 0.342 e. The molecule has 2 saturated heterocycles. The lowest BCUT2D eigenvalue weighted by Gasteiger charge is -2.13. The van der Waals surface area contributed by atoms with Crippen LogP contribution < -0.4 is 0 Å². The third-order valence-electron chi connectivity index (χ3n) is 4.43. The first-order valence-corrected chi connectivity index (χ1v) is 6.73. The Hall–Kier alpha value is -1.55. The molecule has 1 aromatic heterocycles. The molecule has 4 heteroatoms. The Morgan fingerprint density at radius 1 is 1.37 bits per heavy atom. The molecule has 1 aliphatic carbocycles. The van der Waals surface area contributed by atoms with Crippen LogP contribution in [0.2, 0.25) is 0 Å². The largest absolute Gasteiger partial charge is 0.468 e. The molecule has 3 heterocycles. The van der Waals surface area contributed by atoms with Gasteiger partial charge in [0.25, 0.3) is 0 Å². The fraction of sp³-hybridized carbons (Fsp3) is 0.533. The van der Waals surface area contributed by atoms with Crippen LogP contribution in [0.15, 0.2) is 22.3 Å². The summed E-state index contributed by atoms with van der Waals surface area (Å²) in [5.74, 6) is 0.694. The molecule has 2 aliphatic heterocycles. The number of hydrogen-bond acceptors (Lipinski definition) is 4. The number of allylic oxidation sites excluding steroid dienone is 2. The number of rotatable bonds is 0. The number of carbonyl (C=O) groups excluding carboxylic acids is 1. The van der Waals surface area contributed by atoms with E-state index in [0.29, 0.717) is 0 Å². The fourth-order valence-corrected chi connectivity index (χ4v) is 3.34. The van der Waals surface area contributed by atoms with E-state index in [1.807, 2.05) is 6.92 Å². The molecule has 100 valence electrons. The molecular weight excluding hydrogens is 244 g/mol. The Morgan fingerprint density at radius 3 is 3.00 bits per heavy atom. The quantitative estimate of drug-likeness (QED) is 0.409. The maximum Gasteiger partial charge on any atom is 0.342 e. The van der Waals surface area contributed by atoms with Gasteiger partial charge in [-0.15, -0.1) is 0 Å². The highest BCUT2D eigenvalue weighted by Gasteiger charge is 2.73. The number of epoxide rings is 1. The number of fused-ring (bicyclic) bond motifs is 2. The maximum atomic E-state index is 12.1. The monoisotopic (exact) mass is 260 g/mol. The minimum atomic E-state index is -0.681. The number of furan rings is 1. The molecule has 2 fully saturated rings. The molecule has 0 N–H and O–H groups in total. The summed E-state index contributed by atoms with van der Waals surface area (Å²) in [4.78, 5) is 12.1.